The summed E-state index contributed by atoms with van der Waals surface area (Å²) in [6, 6.07) is 5.56. The lowest BCUT2D eigenvalue weighted by molar-refractivity contribution is 0.591. The first-order valence-corrected chi connectivity index (χ1v) is 7.59. The third-order valence-electron chi connectivity index (χ3n) is 3.27. The van der Waals surface area contributed by atoms with Crippen molar-refractivity contribution < 1.29 is 0 Å². The van der Waals surface area contributed by atoms with Gasteiger partial charge in [-0.05, 0) is 36.7 Å². The van der Waals surface area contributed by atoms with Crippen molar-refractivity contribution in [3.05, 3.63) is 29.0 Å². The van der Waals surface area contributed by atoms with Crippen LogP contribution in [0.3, 0.4) is 0 Å². The average molecular weight is 295 g/mol. The van der Waals surface area contributed by atoms with Crippen molar-refractivity contribution in [2.45, 2.75) is 42.3 Å². The van der Waals surface area contributed by atoms with Crippen LogP contribution in [0.2, 0.25) is 5.02 Å². The number of aryl methyl sites for hydroxylation is 1. The van der Waals surface area contributed by atoms with Gasteiger partial charge >= 0.3 is 0 Å². The lowest BCUT2D eigenvalue weighted by atomic mass is 10.2. The van der Waals surface area contributed by atoms with E-state index in [4.69, 9.17) is 17.3 Å². The quantitative estimate of drug-likeness (QED) is 0.863. The summed E-state index contributed by atoms with van der Waals surface area (Å²) in [5.41, 5.74) is 6.67. The maximum Gasteiger partial charge on any atom is 0.196 e. The van der Waals surface area contributed by atoms with E-state index < -0.39 is 0 Å². The summed E-state index contributed by atoms with van der Waals surface area (Å²) >= 11 is 7.71. The zero-order valence-corrected chi connectivity index (χ0v) is 12.0. The summed E-state index contributed by atoms with van der Waals surface area (Å²) in [6.07, 6.45) is 4.63. The second-order valence-corrected chi connectivity index (χ2v) is 6.01. The van der Waals surface area contributed by atoms with Crippen LogP contribution in [-0.4, -0.2) is 14.8 Å². The third kappa shape index (κ3) is 2.58. The summed E-state index contributed by atoms with van der Waals surface area (Å²) in [5, 5.41) is 10.1. The Hall–Kier alpha value is -1.20. The maximum absolute atomic E-state index is 6.20. The second kappa shape index (κ2) is 5.43. The van der Waals surface area contributed by atoms with Gasteiger partial charge in [-0.25, -0.2) is 0 Å². The van der Waals surface area contributed by atoms with Gasteiger partial charge in [-0.3, -0.25) is 0 Å². The molecule has 0 saturated carbocycles. The van der Waals surface area contributed by atoms with Crippen molar-refractivity contribution in [1.29, 1.82) is 0 Å². The maximum atomic E-state index is 6.20. The molecule has 0 fully saturated rings. The van der Waals surface area contributed by atoms with Gasteiger partial charge in [0.25, 0.3) is 0 Å². The van der Waals surface area contributed by atoms with Crippen LogP contribution in [0.1, 0.15) is 25.1 Å². The highest BCUT2D eigenvalue weighted by Gasteiger charge is 2.17. The van der Waals surface area contributed by atoms with Crippen molar-refractivity contribution in [3.8, 4) is 0 Å². The van der Waals surface area contributed by atoms with Crippen molar-refractivity contribution in [3.63, 3.8) is 0 Å². The van der Waals surface area contributed by atoms with Gasteiger partial charge in [0.1, 0.15) is 5.82 Å². The number of nitrogens with two attached hydrogens (primary N) is 1. The Kier molecular flexibility index (Phi) is 3.66. The Morgan fingerprint density at radius 2 is 2.11 bits per heavy atom. The summed E-state index contributed by atoms with van der Waals surface area (Å²) in [7, 11) is 0. The van der Waals surface area contributed by atoms with Gasteiger partial charge in [-0.1, -0.05) is 24.1 Å². The topological polar surface area (TPSA) is 56.7 Å². The van der Waals surface area contributed by atoms with Gasteiger partial charge in [0.15, 0.2) is 5.16 Å². The Labute approximate surface area is 121 Å². The van der Waals surface area contributed by atoms with E-state index in [1.54, 1.807) is 0 Å². The SMILES string of the molecule is Nc1cccc(Cl)c1Sc1nnc2n1CCCCC2. The molecule has 4 nitrogen and oxygen atoms in total. The molecule has 0 amide bonds. The highest BCUT2D eigenvalue weighted by Crippen LogP contribution is 2.37. The van der Waals surface area contributed by atoms with Crippen LogP contribution in [-0.2, 0) is 13.0 Å². The molecule has 1 aliphatic rings. The molecule has 100 valence electrons. The first-order valence-electron chi connectivity index (χ1n) is 6.39. The standard InChI is InChI=1S/C13H15ClN4S/c14-9-5-4-6-10(15)12(9)19-13-17-16-11-7-2-1-3-8-18(11)13/h4-6H,1-3,7-8,15H2. The van der Waals surface area contributed by atoms with E-state index in [-0.39, 0.29) is 0 Å². The molecule has 0 aliphatic carbocycles. The van der Waals surface area contributed by atoms with Gasteiger partial charge in [0.2, 0.25) is 0 Å². The summed E-state index contributed by atoms with van der Waals surface area (Å²) in [4.78, 5) is 0.864. The number of rotatable bonds is 2. The fourth-order valence-electron chi connectivity index (χ4n) is 2.26. The van der Waals surface area contributed by atoms with Crippen molar-refractivity contribution in [1.82, 2.24) is 14.8 Å². The van der Waals surface area contributed by atoms with Crippen LogP contribution in [0.5, 0.6) is 0 Å². The number of halogens is 1. The van der Waals surface area contributed by atoms with Gasteiger partial charge in [-0.15, -0.1) is 10.2 Å². The first kappa shape index (κ1) is 12.8. The van der Waals surface area contributed by atoms with E-state index >= 15 is 0 Å². The number of anilines is 1. The molecule has 3 rings (SSSR count). The number of fused-ring (bicyclic) bond motifs is 1. The molecule has 1 aromatic heterocycles. The van der Waals surface area contributed by atoms with Crippen LogP contribution in [0.15, 0.2) is 28.3 Å². The molecule has 1 aromatic carbocycles. The minimum atomic E-state index is 0.663. The Bertz CT molecular complexity index is 576. The van der Waals surface area contributed by atoms with E-state index in [1.165, 1.54) is 31.0 Å². The van der Waals surface area contributed by atoms with Gasteiger partial charge in [-0.2, -0.15) is 0 Å². The van der Waals surface area contributed by atoms with Crippen molar-refractivity contribution >= 4 is 29.1 Å². The largest absolute Gasteiger partial charge is 0.398 e. The van der Waals surface area contributed by atoms with E-state index in [9.17, 15) is 0 Å². The molecule has 0 atom stereocenters. The monoisotopic (exact) mass is 294 g/mol. The fourth-order valence-corrected chi connectivity index (χ4v) is 3.48. The summed E-state index contributed by atoms with van der Waals surface area (Å²) in [5.74, 6) is 1.07. The molecule has 2 heterocycles. The fraction of sp³-hybridized carbons (Fsp3) is 0.385. The normalized spacial score (nSPS) is 15.0. The summed E-state index contributed by atoms with van der Waals surface area (Å²) in [6.45, 7) is 0.981. The second-order valence-electron chi connectivity index (χ2n) is 4.62. The van der Waals surface area contributed by atoms with E-state index in [2.05, 4.69) is 14.8 Å². The van der Waals surface area contributed by atoms with Crippen LogP contribution in [0, 0.1) is 0 Å². The smallest absolute Gasteiger partial charge is 0.196 e. The predicted molar refractivity (Wildman–Crippen MR) is 77.6 cm³/mol. The number of nitrogens with zero attached hydrogens (tertiary/aromatic N) is 3. The molecule has 0 saturated heterocycles. The molecule has 0 unspecified atom stereocenters. The van der Waals surface area contributed by atoms with Crippen LogP contribution >= 0.6 is 23.4 Å². The zero-order valence-electron chi connectivity index (χ0n) is 10.5. The lowest BCUT2D eigenvalue weighted by Gasteiger charge is -2.09. The molecule has 1 aliphatic heterocycles. The number of hydrogen-bond donors (Lipinski definition) is 1. The highest BCUT2D eigenvalue weighted by atomic mass is 35.5. The van der Waals surface area contributed by atoms with Crippen LogP contribution < -0.4 is 5.73 Å². The molecule has 6 heteroatoms. The molecule has 2 N–H and O–H groups in total. The molecule has 2 aromatic rings. The third-order valence-corrected chi connectivity index (χ3v) is 4.84. The number of benzene rings is 1. The molecular formula is C13H15ClN4S. The van der Waals surface area contributed by atoms with E-state index in [0.29, 0.717) is 10.7 Å². The predicted octanol–water partition coefficient (Wildman–Crippen LogP) is 3.39. The Balaban J connectivity index is 1.94. The van der Waals surface area contributed by atoms with Gasteiger partial charge < -0.3 is 10.3 Å². The molecule has 0 bridgehead atoms. The molecule has 0 spiro atoms. The van der Waals surface area contributed by atoms with Gasteiger partial charge in [0, 0.05) is 18.7 Å². The van der Waals surface area contributed by atoms with Gasteiger partial charge in [0.05, 0.1) is 9.92 Å². The summed E-state index contributed by atoms with van der Waals surface area (Å²) < 4.78 is 2.19. The minimum Gasteiger partial charge on any atom is -0.398 e. The van der Waals surface area contributed by atoms with E-state index in [1.807, 2.05) is 18.2 Å². The highest BCUT2D eigenvalue weighted by molar-refractivity contribution is 7.99. The molecule has 0 radical (unpaired) electrons. The van der Waals surface area contributed by atoms with E-state index in [0.717, 1.165) is 28.8 Å². The number of hydrogen-bond acceptors (Lipinski definition) is 4. The lowest BCUT2D eigenvalue weighted by Crippen LogP contribution is -2.02. The van der Waals surface area contributed by atoms with Crippen molar-refractivity contribution in [2.24, 2.45) is 0 Å². The van der Waals surface area contributed by atoms with Crippen LogP contribution in [0.4, 0.5) is 5.69 Å². The Morgan fingerprint density at radius 3 is 2.95 bits per heavy atom. The zero-order chi connectivity index (χ0) is 13.2. The molecular weight excluding hydrogens is 280 g/mol. The minimum absolute atomic E-state index is 0.663. The average Bonchev–Trinajstić information content (AvgIpc) is 2.62. The number of nitrogen functional groups attached to an aromatic ring is 1. The van der Waals surface area contributed by atoms with Crippen molar-refractivity contribution in [2.75, 3.05) is 5.73 Å². The number of aromatic nitrogens is 3. The Morgan fingerprint density at radius 1 is 1.21 bits per heavy atom. The first-order chi connectivity index (χ1) is 9.25. The van der Waals surface area contributed by atoms with Crippen LogP contribution in [0.25, 0.3) is 0 Å². The molecule has 19 heavy (non-hydrogen) atoms.